The van der Waals surface area contributed by atoms with Crippen molar-refractivity contribution < 1.29 is 9.53 Å². The quantitative estimate of drug-likeness (QED) is 0.854. The van der Waals surface area contributed by atoms with Gasteiger partial charge in [0.15, 0.2) is 6.10 Å². The molecule has 3 heteroatoms. The van der Waals surface area contributed by atoms with Crippen molar-refractivity contribution in [3.8, 4) is 5.75 Å². The van der Waals surface area contributed by atoms with E-state index in [0.29, 0.717) is 0 Å². The summed E-state index contributed by atoms with van der Waals surface area (Å²) in [6.07, 6.45) is 1.58. The third kappa shape index (κ3) is 5.33. The first-order valence-electron chi connectivity index (χ1n) is 6.97. The van der Waals surface area contributed by atoms with Crippen LogP contribution in [0, 0.1) is 13.8 Å². The van der Waals surface area contributed by atoms with Crippen molar-refractivity contribution in [2.45, 2.75) is 59.6 Å². The third-order valence-corrected chi connectivity index (χ3v) is 2.99. The van der Waals surface area contributed by atoms with E-state index in [-0.39, 0.29) is 11.9 Å². The number of ether oxygens (including phenoxy) is 1. The molecule has 106 valence electrons. The van der Waals surface area contributed by atoms with Crippen LogP contribution in [0.4, 0.5) is 0 Å². The Morgan fingerprint density at radius 1 is 1.21 bits per heavy atom. The summed E-state index contributed by atoms with van der Waals surface area (Å²) >= 11 is 0. The van der Waals surface area contributed by atoms with E-state index < -0.39 is 6.10 Å². The largest absolute Gasteiger partial charge is 0.481 e. The van der Waals surface area contributed by atoms with Crippen LogP contribution in [0.25, 0.3) is 0 Å². The molecule has 1 aromatic rings. The van der Waals surface area contributed by atoms with E-state index in [4.69, 9.17) is 4.74 Å². The van der Waals surface area contributed by atoms with Gasteiger partial charge in [-0.25, -0.2) is 0 Å². The molecule has 0 aliphatic rings. The smallest absolute Gasteiger partial charge is 0.260 e. The molecule has 0 aliphatic heterocycles. The lowest BCUT2D eigenvalue weighted by molar-refractivity contribution is -0.127. The molecule has 0 unspecified atom stereocenters. The van der Waals surface area contributed by atoms with Crippen molar-refractivity contribution in [3.63, 3.8) is 0 Å². The fourth-order valence-electron chi connectivity index (χ4n) is 2.12. The van der Waals surface area contributed by atoms with Crippen LogP contribution in [0.5, 0.6) is 5.75 Å². The molecule has 0 aromatic heterocycles. The number of benzene rings is 1. The monoisotopic (exact) mass is 263 g/mol. The SMILES string of the molecule is CCC[C@H](C)NC(=O)[C@H](C)Oc1cc(C)cc(C)c1. The van der Waals surface area contributed by atoms with Crippen LogP contribution in [-0.2, 0) is 4.79 Å². The van der Waals surface area contributed by atoms with Gasteiger partial charge >= 0.3 is 0 Å². The van der Waals surface area contributed by atoms with Crippen molar-refractivity contribution in [2.75, 3.05) is 0 Å². The topological polar surface area (TPSA) is 38.3 Å². The molecule has 0 saturated carbocycles. The zero-order chi connectivity index (χ0) is 14.4. The summed E-state index contributed by atoms with van der Waals surface area (Å²) in [5.74, 6) is 0.698. The van der Waals surface area contributed by atoms with Gasteiger partial charge in [0.2, 0.25) is 0 Å². The van der Waals surface area contributed by atoms with Crippen LogP contribution in [0.15, 0.2) is 18.2 Å². The molecule has 1 aromatic carbocycles. The van der Waals surface area contributed by atoms with Crippen molar-refractivity contribution in [2.24, 2.45) is 0 Å². The molecular weight excluding hydrogens is 238 g/mol. The zero-order valence-electron chi connectivity index (χ0n) is 12.6. The molecule has 0 spiro atoms. The van der Waals surface area contributed by atoms with E-state index in [1.165, 1.54) is 0 Å². The van der Waals surface area contributed by atoms with Crippen molar-refractivity contribution in [3.05, 3.63) is 29.3 Å². The molecular formula is C16H25NO2. The molecule has 1 amide bonds. The highest BCUT2D eigenvalue weighted by molar-refractivity contribution is 5.80. The number of carbonyl (C=O) groups excluding carboxylic acids is 1. The lowest BCUT2D eigenvalue weighted by Gasteiger charge is -2.18. The maximum absolute atomic E-state index is 12.0. The van der Waals surface area contributed by atoms with Gasteiger partial charge < -0.3 is 10.1 Å². The molecule has 3 nitrogen and oxygen atoms in total. The van der Waals surface area contributed by atoms with Gasteiger partial charge in [-0.3, -0.25) is 4.79 Å². The summed E-state index contributed by atoms with van der Waals surface area (Å²) in [6.45, 7) is 9.95. The summed E-state index contributed by atoms with van der Waals surface area (Å²) in [5.41, 5.74) is 2.28. The van der Waals surface area contributed by atoms with Gasteiger partial charge in [0.25, 0.3) is 5.91 Å². The van der Waals surface area contributed by atoms with Gasteiger partial charge in [-0.15, -0.1) is 0 Å². The van der Waals surface area contributed by atoms with Gasteiger partial charge in [-0.05, 0) is 57.4 Å². The maximum Gasteiger partial charge on any atom is 0.260 e. The Balaban J connectivity index is 2.58. The Bertz CT molecular complexity index is 409. The molecule has 0 bridgehead atoms. The fourth-order valence-corrected chi connectivity index (χ4v) is 2.12. The van der Waals surface area contributed by atoms with Gasteiger partial charge in [-0.1, -0.05) is 19.4 Å². The molecule has 0 aliphatic carbocycles. The summed E-state index contributed by atoms with van der Waals surface area (Å²) in [5, 5.41) is 2.97. The summed E-state index contributed by atoms with van der Waals surface area (Å²) in [6, 6.07) is 6.18. The second-order valence-corrected chi connectivity index (χ2v) is 5.28. The molecule has 0 heterocycles. The van der Waals surface area contributed by atoms with Crippen LogP contribution in [0.1, 0.15) is 44.7 Å². The molecule has 0 radical (unpaired) electrons. The van der Waals surface area contributed by atoms with Crippen LogP contribution >= 0.6 is 0 Å². The van der Waals surface area contributed by atoms with E-state index in [2.05, 4.69) is 18.3 Å². The van der Waals surface area contributed by atoms with Crippen LogP contribution in [-0.4, -0.2) is 18.1 Å². The third-order valence-electron chi connectivity index (χ3n) is 2.99. The molecule has 0 saturated heterocycles. The minimum absolute atomic E-state index is 0.0555. The van der Waals surface area contributed by atoms with Gasteiger partial charge in [0.05, 0.1) is 0 Å². The Morgan fingerprint density at radius 3 is 2.32 bits per heavy atom. The highest BCUT2D eigenvalue weighted by Gasteiger charge is 2.16. The summed E-state index contributed by atoms with van der Waals surface area (Å²) in [4.78, 5) is 12.0. The molecule has 0 fully saturated rings. The molecule has 1 N–H and O–H groups in total. The lowest BCUT2D eigenvalue weighted by atomic mass is 10.1. The Morgan fingerprint density at radius 2 is 1.79 bits per heavy atom. The van der Waals surface area contributed by atoms with E-state index >= 15 is 0 Å². The van der Waals surface area contributed by atoms with Gasteiger partial charge in [-0.2, -0.15) is 0 Å². The average molecular weight is 263 g/mol. The number of carbonyl (C=O) groups is 1. The van der Waals surface area contributed by atoms with Crippen LogP contribution in [0.2, 0.25) is 0 Å². The zero-order valence-corrected chi connectivity index (χ0v) is 12.6. The van der Waals surface area contributed by atoms with Crippen LogP contribution in [0.3, 0.4) is 0 Å². The standard InChI is InChI=1S/C16H25NO2/c1-6-7-13(4)17-16(18)14(5)19-15-9-11(2)8-12(3)10-15/h8-10,13-14H,6-7H2,1-5H3,(H,17,18)/t13-,14-/m0/s1. The number of hydrogen-bond acceptors (Lipinski definition) is 2. The van der Waals surface area contributed by atoms with Gasteiger partial charge in [0, 0.05) is 6.04 Å². The van der Waals surface area contributed by atoms with Crippen molar-refractivity contribution in [1.82, 2.24) is 5.32 Å². The number of aryl methyl sites for hydroxylation is 2. The molecule has 2 atom stereocenters. The Hall–Kier alpha value is -1.51. The van der Waals surface area contributed by atoms with Crippen LogP contribution < -0.4 is 10.1 Å². The number of rotatable bonds is 6. The Labute approximate surface area is 116 Å². The Kier molecular flexibility index (Phi) is 5.87. The molecule has 1 rings (SSSR count). The van der Waals surface area contributed by atoms with E-state index in [0.717, 1.165) is 29.7 Å². The minimum atomic E-state index is -0.472. The number of hydrogen-bond donors (Lipinski definition) is 1. The normalized spacial score (nSPS) is 13.7. The highest BCUT2D eigenvalue weighted by Crippen LogP contribution is 2.17. The van der Waals surface area contributed by atoms with E-state index in [1.807, 2.05) is 32.9 Å². The van der Waals surface area contributed by atoms with Crippen molar-refractivity contribution >= 4 is 5.91 Å². The predicted molar refractivity (Wildman–Crippen MR) is 78.5 cm³/mol. The minimum Gasteiger partial charge on any atom is -0.481 e. The highest BCUT2D eigenvalue weighted by atomic mass is 16.5. The average Bonchev–Trinajstić information content (AvgIpc) is 2.27. The second kappa shape index (κ2) is 7.17. The maximum atomic E-state index is 12.0. The fraction of sp³-hybridized carbons (Fsp3) is 0.562. The van der Waals surface area contributed by atoms with Crippen molar-refractivity contribution in [1.29, 1.82) is 0 Å². The predicted octanol–water partition coefficient (Wildman–Crippen LogP) is 3.38. The lowest BCUT2D eigenvalue weighted by Crippen LogP contribution is -2.41. The molecule has 19 heavy (non-hydrogen) atoms. The first kappa shape index (κ1) is 15.5. The van der Waals surface area contributed by atoms with E-state index in [9.17, 15) is 4.79 Å². The number of amides is 1. The van der Waals surface area contributed by atoms with Gasteiger partial charge in [0.1, 0.15) is 5.75 Å². The summed E-state index contributed by atoms with van der Waals surface area (Å²) in [7, 11) is 0. The first-order chi connectivity index (χ1) is 8.92. The summed E-state index contributed by atoms with van der Waals surface area (Å²) < 4.78 is 5.70. The van der Waals surface area contributed by atoms with E-state index in [1.54, 1.807) is 6.92 Å². The first-order valence-corrected chi connectivity index (χ1v) is 6.97. The second-order valence-electron chi connectivity index (χ2n) is 5.28. The number of nitrogens with one attached hydrogen (secondary N) is 1.